The molecule has 1 heterocycles. The van der Waals surface area contributed by atoms with E-state index in [1.807, 2.05) is 0 Å². The number of carbonyl (C=O) groups is 2. The van der Waals surface area contributed by atoms with E-state index in [4.69, 9.17) is 16.3 Å². The van der Waals surface area contributed by atoms with E-state index in [-0.39, 0.29) is 23.0 Å². The van der Waals surface area contributed by atoms with Crippen LogP contribution in [0, 0.1) is 0 Å². The number of amides is 2. The third-order valence-corrected chi connectivity index (χ3v) is 3.50. The molecule has 0 spiro atoms. The topological polar surface area (TPSA) is 87.7 Å². The second-order valence-electron chi connectivity index (χ2n) is 4.47. The SMILES string of the molecule is CCOC(=O)C1=C(C)NC(=O)N[C@H]1c1cccc(O)c1Cl. The summed E-state index contributed by atoms with van der Waals surface area (Å²) in [5.41, 5.74) is 1.07. The van der Waals surface area contributed by atoms with Crippen LogP contribution in [0.5, 0.6) is 5.75 Å². The van der Waals surface area contributed by atoms with E-state index in [0.29, 0.717) is 11.3 Å². The zero-order valence-electron chi connectivity index (χ0n) is 11.6. The van der Waals surface area contributed by atoms with Crippen LogP contribution >= 0.6 is 11.6 Å². The first-order valence-electron chi connectivity index (χ1n) is 6.38. The first-order chi connectivity index (χ1) is 9.95. The second kappa shape index (κ2) is 6.05. The largest absolute Gasteiger partial charge is 0.506 e. The predicted molar refractivity (Wildman–Crippen MR) is 76.9 cm³/mol. The number of halogens is 1. The number of phenols is 1. The van der Waals surface area contributed by atoms with Gasteiger partial charge in [-0.3, -0.25) is 0 Å². The fraction of sp³-hybridized carbons (Fsp3) is 0.286. The van der Waals surface area contributed by atoms with Gasteiger partial charge in [0, 0.05) is 11.3 Å². The standard InChI is InChI=1S/C14H15ClN2O4/c1-3-21-13(19)10-7(2)16-14(20)17-12(10)8-5-4-6-9(18)11(8)15/h4-6,12,18H,3H2,1-2H3,(H2,16,17,20)/t12-/m0/s1. The molecule has 0 aromatic heterocycles. The van der Waals surface area contributed by atoms with E-state index < -0.39 is 18.0 Å². The lowest BCUT2D eigenvalue weighted by Crippen LogP contribution is -2.45. The minimum atomic E-state index is -0.780. The Morgan fingerprint density at radius 2 is 2.19 bits per heavy atom. The van der Waals surface area contributed by atoms with E-state index in [1.165, 1.54) is 6.07 Å². The highest BCUT2D eigenvalue weighted by Gasteiger charge is 2.33. The number of allylic oxidation sites excluding steroid dienone is 1. The summed E-state index contributed by atoms with van der Waals surface area (Å²) in [6.07, 6.45) is 0. The molecular formula is C14H15ClN2O4. The Hall–Kier alpha value is -2.21. The maximum atomic E-state index is 12.1. The van der Waals surface area contributed by atoms with E-state index in [1.54, 1.807) is 26.0 Å². The molecule has 3 N–H and O–H groups in total. The fourth-order valence-electron chi connectivity index (χ4n) is 2.17. The Balaban J connectivity index is 2.52. The average molecular weight is 311 g/mol. The van der Waals surface area contributed by atoms with Gasteiger partial charge in [-0.1, -0.05) is 23.7 Å². The van der Waals surface area contributed by atoms with Crippen molar-refractivity contribution in [1.82, 2.24) is 10.6 Å². The number of esters is 1. The molecule has 2 amide bonds. The van der Waals surface area contributed by atoms with Gasteiger partial charge >= 0.3 is 12.0 Å². The number of aromatic hydroxyl groups is 1. The predicted octanol–water partition coefficient (Wildman–Crippen LogP) is 2.24. The Labute approximate surface area is 126 Å². The zero-order chi connectivity index (χ0) is 15.6. The molecule has 0 radical (unpaired) electrons. The molecule has 1 aliphatic rings. The molecule has 0 unspecified atom stereocenters. The number of ether oxygens (including phenoxy) is 1. The minimum absolute atomic E-state index is 0.0827. The van der Waals surface area contributed by atoms with Crippen molar-refractivity contribution in [2.45, 2.75) is 19.9 Å². The molecule has 1 atom stereocenters. The summed E-state index contributed by atoms with van der Waals surface area (Å²) in [5.74, 6) is -0.672. The van der Waals surface area contributed by atoms with Crippen LogP contribution in [0.25, 0.3) is 0 Å². The third-order valence-electron chi connectivity index (χ3n) is 3.08. The van der Waals surface area contributed by atoms with Crippen molar-refractivity contribution in [2.24, 2.45) is 0 Å². The van der Waals surface area contributed by atoms with Crippen molar-refractivity contribution in [1.29, 1.82) is 0 Å². The summed E-state index contributed by atoms with van der Waals surface area (Å²) in [5, 5.41) is 14.9. The number of rotatable bonds is 3. The van der Waals surface area contributed by atoms with Crippen LogP contribution in [0.3, 0.4) is 0 Å². The first kappa shape index (κ1) is 15.2. The number of benzene rings is 1. The highest BCUT2D eigenvalue weighted by Crippen LogP contribution is 2.36. The third kappa shape index (κ3) is 2.95. The molecule has 1 aromatic rings. The van der Waals surface area contributed by atoms with Gasteiger partial charge in [0.15, 0.2) is 0 Å². The summed E-state index contributed by atoms with van der Waals surface area (Å²) in [4.78, 5) is 23.8. The summed E-state index contributed by atoms with van der Waals surface area (Å²) in [7, 11) is 0. The first-order valence-corrected chi connectivity index (χ1v) is 6.76. The zero-order valence-corrected chi connectivity index (χ0v) is 12.3. The van der Waals surface area contributed by atoms with E-state index >= 15 is 0 Å². The van der Waals surface area contributed by atoms with Gasteiger partial charge in [-0.2, -0.15) is 0 Å². The molecule has 0 saturated heterocycles. The lowest BCUT2D eigenvalue weighted by Gasteiger charge is -2.28. The minimum Gasteiger partial charge on any atom is -0.506 e. The number of hydrogen-bond acceptors (Lipinski definition) is 4. The Kier molecular flexibility index (Phi) is 4.37. The smallest absolute Gasteiger partial charge is 0.338 e. The van der Waals surface area contributed by atoms with Crippen molar-refractivity contribution in [3.8, 4) is 5.75 Å². The van der Waals surface area contributed by atoms with Crippen LogP contribution in [0.2, 0.25) is 5.02 Å². The molecule has 112 valence electrons. The summed E-state index contributed by atoms with van der Waals surface area (Å²) < 4.78 is 5.02. The number of nitrogens with one attached hydrogen (secondary N) is 2. The van der Waals surface area contributed by atoms with Gasteiger partial charge in [-0.25, -0.2) is 9.59 Å². The second-order valence-corrected chi connectivity index (χ2v) is 4.85. The van der Waals surface area contributed by atoms with Crippen molar-refractivity contribution in [3.05, 3.63) is 40.1 Å². The van der Waals surface area contributed by atoms with Crippen LogP contribution in [0.1, 0.15) is 25.5 Å². The number of phenolic OH excluding ortho intramolecular Hbond substituents is 1. The van der Waals surface area contributed by atoms with Gasteiger partial charge < -0.3 is 20.5 Å². The number of urea groups is 1. The highest BCUT2D eigenvalue weighted by molar-refractivity contribution is 6.33. The molecule has 7 heteroatoms. The molecule has 0 fully saturated rings. The summed E-state index contributed by atoms with van der Waals surface area (Å²) >= 11 is 6.07. The monoisotopic (exact) mass is 310 g/mol. The quantitative estimate of drug-likeness (QED) is 0.747. The molecule has 0 saturated carbocycles. The number of hydrogen-bond donors (Lipinski definition) is 3. The van der Waals surface area contributed by atoms with Gasteiger partial charge in [0.2, 0.25) is 0 Å². The Morgan fingerprint density at radius 3 is 2.86 bits per heavy atom. The van der Waals surface area contributed by atoms with Gasteiger partial charge in [0.05, 0.1) is 23.2 Å². The molecule has 21 heavy (non-hydrogen) atoms. The van der Waals surface area contributed by atoms with Crippen LogP contribution < -0.4 is 10.6 Å². The van der Waals surface area contributed by atoms with Crippen LogP contribution in [-0.4, -0.2) is 23.7 Å². The Bertz CT molecular complexity index is 627. The van der Waals surface area contributed by atoms with Gasteiger partial charge in [-0.15, -0.1) is 0 Å². The summed E-state index contributed by atoms with van der Waals surface area (Å²) in [6, 6.07) is 3.41. The summed E-state index contributed by atoms with van der Waals surface area (Å²) in [6.45, 7) is 3.51. The van der Waals surface area contributed by atoms with E-state index in [0.717, 1.165) is 0 Å². The van der Waals surface area contributed by atoms with Crippen LogP contribution in [0.15, 0.2) is 29.5 Å². The average Bonchev–Trinajstić information content (AvgIpc) is 2.41. The molecule has 0 bridgehead atoms. The van der Waals surface area contributed by atoms with Crippen LogP contribution in [-0.2, 0) is 9.53 Å². The van der Waals surface area contributed by atoms with Crippen molar-refractivity contribution in [3.63, 3.8) is 0 Å². The van der Waals surface area contributed by atoms with Crippen molar-refractivity contribution in [2.75, 3.05) is 6.61 Å². The maximum Gasteiger partial charge on any atom is 0.338 e. The van der Waals surface area contributed by atoms with Crippen molar-refractivity contribution < 1.29 is 19.4 Å². The maximum absolute atomic E-state index is 12.1. The molecule has 0 aliphatic carbocycles. The fourth-order valence-corrected chi connectivity index (χ4v) is 2.40. The normalized spacial score (nSPS) is 18.0. The van der Waals surface area contributed by atoms with Gasteiger partial charge in [-0.05, 0) is 19.9 Å². The van der Waals surface area contributed by atoms with Gasteiger partial charge in [0.25, 0.3) is 0 Å². The molecule has 1 aromatic carbocycles. The molecule has 2 rings (SSSR count). The number of carbonyl (C=O) groups excluding carboxylic acids is 2. The van der Waals surface area contributed by atoms with E-state index in [9.17, 15) is 14.7 Å². The van der Waals surface area contributed by atoms with Gasteiger partial charge in [0.1, 0.15) is 5.75 Å². The lowest BCUT2D eigenvalue weighted by molar-refractivity contribution is -0.139. The van der Waals surface area contributed by atoms with E-state index in [2.05, 4.69) is 10.6 Å². The lowest BCUT2D eigenvalue weighted by atomic mass is 9.95. The molecule has 1 aliphatic heterocycles. The Morgan fingerprint density at radius 1 is 1.48 bits per heavy atom. The molecular weight excluding hydrogens is 296 g/mol. The molecule has 6 nitrogen and oxygen atoms in total. The van der Waals surface area contributed by atoms with Crippen LogP contribution in [0.4, 0.5) is 4.79 Å². The van der Waals surface area contributed by atoms with Crippen molar-refractivity contribution >= 4 is 23.6 Å². The highest BCUT2D eigenvalue weighted by atomic mass is 35.5.